The van der Waals surface area contributed by atoms with Crippen LogP contribution < -0.4 is 15.4 Å². The van der Waals surface area contributed by atoms with E-state index in [-0.39, 0.29) is 29.8 Å². The van der Waals surface area contributed by atoms with Gasteiger partial charge < -0.3 is 10.6 Å². The fourth-order valence-electron chi connectivity index (χ4n) is 1.12. The quantitative estimate of drug-likeness (QED) is 0.619. The Balaban J connectivity index is 2.37. The summed E-state index contributed by atoms with van der Waals surface area (Å²) in [7, 11) is -1.88. The molecule has 1 heterocycles. The van der Waals surface area contributed by atoms with Gasteiger partial charge in [0.2, 0.25) is 15.9 Å². The molecule has 3 N–H and O–H groups in total. The Morgan fingerprint density at radius 1 is 1.39 bits per heavy atom. The topological polar surface area (TPSA) is 87.3 Å². The van der Waals surface area contributed by atoms with Gasteiger partial charge in [0, 0.05) is 13.1 Å². The third-order valence-electron chi connectivity index (χ3n) is 1.89. The number of likely N-dealkylation sites (N-methyl/N-ethyl adjacent to an activating group) is 1. The number of thiophene rings is 1. The van der Waals surface area contributed by atoms with Crippen LogP contribution in [0.1, 0.15) is 0 Å². The summed E-state index contributed by atoms with van der Waals surface area (Å²) in [6.07, 6.45) is 0. The highest BCUT2D eigenvalue weighted by Crippen LogP contribution is 2.24. The molecular formula is C9H14ClN3O3S2. The molecule has 9 heteroatoms. The van der Waals surface area contributed by atoms with Crippen LogP contribution in [0.3, 0.4) is 0 Å². The van der Waals surface area contributed by atoms with Crippen molar-refractivity contribution in [3.05, 3.63) is 16.5 Å². The van der Waals surface area contributed by atoms with E-state index in [2.05, 4.69) is 15.4 Å². The zero-order valence-electron chi connectivity index (χ0n) is 9.70. The lowest BCUT2D eigenvalue weighted by Gasteiger charge is -2.06. The summed E-state index contributed by atoms with van der Waals surface area (Å²) in [4.78, 5) is 11.1. The first kappa shape index (κ1) is 15.4. The Bertz CT molecular complexity index is 501. The van der Waals surface area contributed by atoms with E-state index in [1.54, 1.807) is 7.05 Å². The van der Waals surface area contributed by atoms with E-state index in [4.69, 9.17) is 11.6 Å². The van der Waals surface area contributed by atoms with Crippen molar-refractivity contribution >= 4 is 38.9 Å². The van der Waals surface area contributed by atoms with Gasteiger partial charge in [-0.3, -0.25) is 4.79 Å². The number of amides is 1. The number of halogens is 1. The standard InChI is InChI=1S/C9H14ClN3O3S2/c1-11-6-8(14)12-4-5-13-18(15,16)9-3-2-7(10)17-9/h2-3,11,13H,4-6H2,1H3,(H,12,14). The van der Waals surface area contributed by atoms with Crippen LogP contribution in [0.5, 0.6) is 0 Å². The number of rotatable bonds is 7. The minimum atomic E-state index is -3.53. The predicted molar refractivity (Wildman–Crippen MR) is 71.5 cm³/mol. The van der Waals surface area contributed by atoms with Crippen molar-refractivity contribution in [3.63, 3.8) is 0 Å². The maximum Gasteiger partial charge on any atom is 0.250 e. The Kier molecular flexibility index (Phi) is 6.03. The number of carbonyl (C=O) groups is 1. The maximum atomic E-state index is 11.7. The fraction of sp³-hybridized carbons (Fsp3) is 0.444. The summed E-state index contributed by atoms with van der Waals surface area (Å²) < 4.78 is 26.4. The molecular weight excluding hydrogens is 298 g/mol. The fourth-order valence-corrected chi connectivity index (χ4v) is 3.68. The van der Waals surface area contributed by atoms with Crippen molar-refractivity contribution in [2.45, 2.75) is 4.21 Å². The lowest BCUT2D eigenvalue weighted by atomic mass is 10.5. The molecule has 0 unspecified atom stereocenters. The molecule has 102 valence electrons. The van der Waals surface area contributed by atoms with Gasteiger partial charge in [0.05, 0.1) is 10.9 Å². The van der Waals surface area contributed by atoms with E-state index in [0.717, 1.165) is 11.3 Å². The molecule has 0 aliphatic carbocycles. The maximum absolute atomic E-state index is 11.7. The van der Waals surface area contributed by atoms with Crippen molar-refractivity contribution in [3.8, 4) is 0 Å². The molecule has 0 aromatic carbocycles. The van der Waals surface area contributed by atoms with Crippen molar-refractivity contribution in [2.75, 3.05) is 26.7 Å². The van der Waals surface area contributed by atoms with E-state index in [9.17, 15) is 13.2 Å². The monoisotopic (exact) mass is 311 g/mol. The lowest BCUT2D eigenvalue weighted by Crippen LogP contribution is -2.38. The Hall–Kier alpha value is -0.670. The molecule has 0 saturated carbocycles. The van der Waals surface area contributed by atoms with Crippen LogP contribution in [0.4, 0.5) is 0 Å². The SMILES string of the molecule is CNCC(=O)NCCNS(=O)(=O)c1ccc(Cl)s1. The highest BCUT2D eigenvalue weighted by Gasteiger charge is 2.15. The second kappa shape index (κ2) is 7.05. The predicted octanol–water partition coefficient (Wildman–Crippen LogP) is 0.0154. The lowest BCUT2D eigenvalue weighted by molar-refractivity contribution is -0.120. The second-order valence-corrected chi connectivity index (χ2v) is 7.05. The van der Waals surface area contributed by atoms with Gasteiger partial charge in [0.25, 0.3) is 0 Å². The zero-order valence-corrected chi connectivity index (χ0v) is 12.1. The molecule has 0 aliphatic heterocycles. The van der Waals surface area contributed by atoms with Crippen LogP contribution >= 0.6 is 22.9 Å². The van der Waals surface area contributed by atoms with E-state index < -0.39 is 10.0 Å². The molecule has 0 radical (unpaired) electrons. The second-order valence-electron chi connectivity index (χ2n) is 3.34. The summed E-state index contributed by atoms with van der Waals surface area (Å²) in [5.41, 5.74) is 0. The molecule has 0 aliphatic rings. The molecule has 1 amide bonds. The molecule has 18 heavy (non-hydrogen) atoms. The van der Waals surface area contributed by atoms with Gasteiger partial charge in [-0.15, -0.1) is 11.3 Å². The van der Waals surface area contributed by atoms with Crippen LogP contribution in [-0.4, -0.2) is 41.0 Å². The van der Waals surface area contributed by atoms with Crippen molar-refractivity contribution in [1.29, 1.82) is 0 Å². The van der Waals surface area contributed by atoms with Crippen LogP contribution in [0.15, 0.2) is 16.3 Å². The molecule has 0 saturated heterocycles. The first-order valence-corrected chi connectivity index (χ1v) is 7.80. The Labute approximate surface area is 115 Å². The first-order chi connectivity index (χ1) is 8.45. The van der Waals surface area contributed by atoms with Crippen molar-refractivity contribution in [1.82, 2.24) is 15.4 Å². The summed E-state index contributed by atoms with van der Waals surface area (Å²) in [6, 6.07) is 2.96. The molecule has 0 fully saturated rings. The smallest absolute Gasteiger partial charge is 0.250 e. The molecule has 6 nitrogen and oxygen atoms in total. The number of hydrogen-bond acceptors (Lipinski definition) is 5. The van der Waals surface area contributed by atoms with E-state index in [1.807, 2.05) is 0 Å². The van der Waals surface area contributed by atoms with Gasteiger partial charge >= 0.3 is 0 Å². The average Bonchev–Trinajstić information content (AvgIpc) is 2.72. The van der Waals surface area contributed by atoms with Gasteiger partial charge in [0.15, 0.2) is 0 Å². The van der Waals surface area contributed by atoms with Crippen LogP contribution in [0, 0.1) is 0 Å². The van der Waals surface area contributed by atoms with Gasteiger partial charge in [0.1, 0.15) is 4.21 Å². The number of nitrogens with one attached hydrogen (secondary N) is 3. The highest BCUT2D eigenvalue weighted by atomic mass is 35.5. The Morgan fingerprint density at radius 2 is 2.11 bits per heavy atom. The third-order valence-corrected chi connectivity index (χ3v) is 5.07. The average molecular weight is 312 g/mol. The minimum absolute atomic E-state index is 0.132. The normalized spacial score (nSPS) is 11.4. The van der Waals surface area contributed by atoms with Gasteiger partial charge in [-0.1, -0.05) is 11.6 Å². The number of hydrogen-bond donors (Lipinski definition) is 3. The molecule has 1 aromatic rings. The summed E-state index contributed by atoms with van der Waals surface area (Å²) >= 11 is 6.65. The van der Waals surface area contributed by atoms with Crippen molar-refractivity contribution < 1.29 is 13.2 Å². The first-order valence-electron chi connectivity index (χ1n) is 5.12. The van der Waals surface area contributed by atoms with Crippen LogP contribution in [0.2, 0.25) is 4.34 Å². The highest BCUT2D eigenvalue weighted by molar-refractivity contribution is 7.91. The molecule has 0 atom stereocenters. The van der Waals surface area contributed by atoms with Crippen LogP contribution in [0.25, 0.3) is 0 Å². The molecule has 0 spiro atoms. The number of carbonyl (C=O) groups excluding carboxylic acids is 1. The van der Waals surface area contributed by atoms with E-state index >= 15 is 0 Å². The van der Waals surface area contributed by atoms with E-state index in [1.165, 1.54) is 12.1 Å². The van der Waals surface area contributed by atoms with Gasteiger partial charge in [-0.25, -0.2) is 13.1 Å². The van der Waals surface area contributed by atoms with Gasteiger partial charge in [-0.05, 0) is 19.2 Å². The summed E-state index contributed by atoms with van der Waals surface area (Å²) in [5, 5.41) is 5.25. The number of sulfonamides is 1. The van der Waals surface area contributed by atoms with E-state index in [0.29, 0.717) is 4.34 Å². The largest absolute Gasteiger partial charge is 0.354 e. The summed E-state index contributed by atoms with van der Waals surface area (Å²) in [6.45, 7) is 0.569. The third kappa shape index (κ3) is 4.91. The Morgan fingerprint density at radius 3 is 2.67 bits per heavy atom. The van der Waals surface area contributed by atoms with Crippen molar-refractivity contribution in [2.24, 2.45) is 0 Å². The molecule has 1 rings (SSSR count). The van der Waals surface area contributed by atoms with Crippen LogP contribution in [-0.2, 0) is 14.8 Å². The zero-order chi connectivity index (χ0) is 13.6. The molecule has 1 aromatic heterocycles. The molecule has 0 bridgehead atoms. The minimum Gasteiger partial charge on any atom is -0.354 e. The summed E-state index contributed by atoms with van der Waals surface area (Å²) in [5.74, 6) is -0.184. The van der Waals surface area contributed by atoms with Gasteiger partial charge in [-0.2, -0.15) is 0 Å².